The van der Waals surface area contributed by atoms with E-state index in [-0.39, 0.29) is 11.7 Å². The molecule has 0 saturated heterocycles. The van der Waals surface area contributed by atoms with E-state index in [2.05, 4.69) is 5.32 Å². The SMILES string of the molecule is CN(C)c1cc2nn(C3CCC(O)(C4CC4)CC3)cc2cc1NC(=O)c1ccc2ccccc2[n+]1[O-]. The lowest BCUT2D eigenvalue weighted by molar-refractivity contribution is -0.579. The van der Waals surface area contributed by atoms with E-state index in [4.69, 9.17) is 5.10 Å². The first-order chi connectivity index (χ1) is 17.3. The number of hydrogen-bond acceptors (Lipinski definition) is 5. The molecule has 0 aliphatic heterocycles. The van der Waals surface area contributed by atoms with Gasteiger partial charge in [0.25, 0.3) is 5.69 Å². The molecule has 36 heavy (non-hydrogen) atoms. The second-order valence-electron chi connectivity index (χ2n) is 10.6. The number of aliphatic hydroxyl groups is 1. The summed E-state index contributed by atoms with van der Waals surface area (Å²) in [6.45, 7) is 0. The summed E-state index contributed by atoms with van der Waals surface area (Å²) in [5, 5.41) is 33.3. The van der Waals surface area contributed by atoms with Crippen molar-refractivity contribution in [2.45, 2.75) is 50.2 Å². The van der Waals surface area contributed by atoms with Crippen LogP contribution in [0.25, 0.3) is 21.8 Å². The highest BCUT2D eigenvalue weighted by atomic mass is 16.5. The van der Waals surface area contributed by atoms with Crippen molar-refractivity contribution in [3.05, 3.63) is 65.6 Å². The number of nitrogens with zero attached hydrogens (tertiary/aromatic N) is 4. The molecule has 2 N–H and O–H groups in total. The molecule has 0 unspecified atom stereocenters. The predicted octanol–water partition coefficient (Wildman–Crippen LogP) is 4.40. The third-order valence-electron chi connectivity index (χ3n) is 7.93. The minimum atomic E-state index is -0.486. The molecule has 0 radical (unpaired) electrons. The average molecular weight is 486 g/mol. The number of fused-ring (bicyclic) bond motifs is 2. The molecule has 2 aromatic carbocycles. The second kappa shape index (κ2) is 8.48. The molecule has 6 rings (SSSR count). The lowest BCUT2D eigenvalue weighted by Crippen LogP contribution is -2.37. The van der Waals surface area contributed by atoms with Crippen LogP contribution in [0.4, 0.5) is 11.4 Å². The fraction of sp³-hybridized carbons (Fsp3) is 0.393. The molecular weight excluding hydrogens is 454 g/mol. The molecular formula is C28H31N5O3. The maximum atomic E-state index is 13.2. The standard InChI is InChI=1S/C28H31N5O3/c1-31(2)26-16-22-19(17-32(30-22)21-11-13-28(35,14-12-21)20-8-9-20)15-23(26)29-27(34)25-10-7-18-5-3-4-6-24(18)33(25)36/h3-7,10,15-17,20-21,35H,8-9,11-14H2,1-2H3,(H,29,34). The van der Waals surface area contributed by atoms with Gasteiger partial charge >= 0.3 is 5.91 Å². The van der Waals surface area contributed by atoms with Crippen LogP contribution >= 0.6 is 0 Å². The van der Waals surface area contributed by atoms with Gasteiger partial charge in [-0.1, -0.05) is 12.1 Å². The van der Waals surface area contributed by atoms with Gasteiger partial charge in [0.2, 0.25) is 5.52 Å². The quantitative estimate of drug-likeness (QED) is 0.323. The second-order valence-corrected chi connectivity index (χ2v) is 10.6. The molecule has 2 heterocycles. The van der Waals surface area contributed by atoms with Crippen LogP contribution in [0.3, 0.4) is 0 Å². The Morgan fingerprint density at radius 1 is 1.11 bits per heavy atom. The molecule has 2 aliphatic carbocycles. The number of benzene rings is 2. The number of para-hydroxylation sites is 1. The molecule has 4 aromatic rings. The summed E-state index contributed by atoms with van der Waals surface area (Å²) in [4.78, 5) is 15.1. The zero-order valence-corrected chi connectivity index (χ0v) is 20.6. The maximum absolute atomic E-state index is 13.2. The van der Waals surface area contributed by atoms with Gasteiger partial charge in [0.1, 0.15) is 0 Å². The van der Waals surface area contributed by atoms with E-state index in [1.807, 2.05) is 54.1 Å². The van der Waals surface area contributed by atoms with Gasteiger partial charge in [-0.25, -0.2) is 0 Å². The Morgan fingerprint density at radius 3 is 2.58 bits per heavy atom. The lowest BCUT2D eigenvalue weighted by Gasteiger charge is -2.36. The first-order valence-corrected chi connectivity index (χ1v) is 12.7. The summed E-state index contributed by atoms with van der Waals surface area (Å²) in [6.07, 6.45) is 7.81. The van der Waals surface area contributed by atoms with E-state index in [1.165, 1.54) is 0 Å². The number of aromatic nitrogens is 3. The topological polar surface area (TPSA) is 97.3 Å². The zero-order chi connectivity index (χ0) is 25.0. The van der Waals surface area contributed by atoms with E-state index < -0.39 is 11.5 Å². The number of carbonyl (C=O) groups is 1. The summed E-state index contributed by atoms with van der Waals surface area (Å²) < 4.78 is 2.71. The number of rotatable bonds is 5. The molecule has 2 aliphatic rings. The van der Waals surface area contributed by atoms with Crippen LogP contribution in [0, 0.1) is 11.1 Å². The molecule has 0 spiro atoms. The highest BCUT2D eigenvalue weighted by molar-refractivity contribution is 6.06. The minimum Gasteiger partial charge on any atom is -0.618 e. The number of carbonyl (C=O) groups excluding carboxylic acids is 1. The van der Waals surface area contributed by atoms with Gasteiger partial charge in [0, 0.05) is 43.2 Å². The Labute approximate surface area is 209 Å². The van der Waals surface area contributed by atoms with E-state index in [1.54, 1.807) is 24.3 Å². The van der Waals surface area contributed by atoms with E-state index in [9.17, 15) is 15.1 Å². The molecule has 186 valence electrons. The number of pyridine rings is 1. The third kappa shape index (κ3) is 3.95. The van der Waals surface area contributed by atoms with Crippen LogP contribution in [0.2, 0.25) is 0 Å². The normalized spacial score (nSPS) is 22.1. The Bertz CT molecular complexity index is 1470. The van der Waals surface area contributed by atoms with Crippen LogP contribution in [0.5, 0.6) is 0 Å². The van der Waals surface area contributed by atoms with Crippen LogP contribution in [-0.2, 0) is 0 Å². The molecule has 0 bridgehead atoms. The van der Waals surface area contributed by atoms with Crippen molar-refractivity contribution in [2.24, 2.45) is 5.92 Å². The van der Waals surface area contributed by atoms with Gasteiger partial charge in [0.05, 0.1) is 28.5 Å². The van der Waals surface area contributed by atoms with Crippen molar-refractivity contribution in [1.82, 2.24) is 9.78 Å². The van der Waals surface area contributed by atoms with Gasteiger partial charge in [0.15, 0.2) is 0 Å². The molecule has 2 fully saturated rings. The van der Waals surface area contributed by atoms with Crippen molar-refractivity contribution in [3.8, 4) is 0 Å². The van der Waals surface area contributed by atoms with Crippen molar-refractivity contribution in [3.63, 3.8) is 0 Å². The van der Waals surface area contributed by atoms with Crippen molar-refractivity contribution >= 4 is 39.1 Å². The molecule has 8 nitrogen and oxygen atoms in total. The van der Waals surface area contributed by atoms with Crippen LogP contribution in [0.1, 0.15) is 55.1 Å². The van der Waals surface area contributed by atoms with Gasteiger partial charge < -0.3 is 20.5 Å². The van der Waals surface area contributed by atoms with Gasteiger partial charge in [-0.2, -0.15) is 9.83 Å². The monoisotopic (exact) mass is 485 g/mol. The van der Waals surface area contributed by atoms with E-state index >= 15 is 0 Å². The lowest BCUT2D eigenvalue weighted by atomic mass is 9.79. The number of anilines is 2. The smallest absolute Gasteiger partial charge is 0.321 e. The average Bonchev–Trinajstić information content (AvgIpc) is 3.65. The molecule has 2 saturated carbocycles. The van der Waals surface area contributed by atoms with Crippen LogP contribution in [-0.4, -0.2) is 40.5 Å². The highest BCUT2D eigenvalue weighted by Crippen LogP contribution is 2.49. The summed E-state index contributed by atoms with van der Waals surface area (Å²) >= 11 is 0. The van der Waals surface area contributed by atoms with Crippen LogP contribution in [0.15, 0.2) is 54.7 Å². The summed E-state index contributed by atoms with van der Waals surface area (Å²) in [6, 6.07) is 14.7. The van der Waals surface area contributed by atoms with Crippen molar-refractivity contribution in [2.75, 3.05) is 24.3 Å². The van der Waals surface area contributed by atoms with E-state index in [0.717, 1.165) is 60.5 Å². The van der Waals surface area contributed by atoms with Gasteiger partial charge in [-0.3, -0.25) is 9.48 Å². The number of hydrogen-bond donors (Lipinski definition) is 2. The predicted molar refractivity (Wildman–Crippen MR) is 140 cm³/mol. The van der Waals surface area contributed by atoms with Crippen molar-refractivity contribution in [1.29, 1.82) is 0 Å². The van der Waals surface area contributed by atoms with Gasteiger partial charge in [-0.05, 0) is 68.7 Å². The maximum Gasteiger partial charge on any atom is 0.321 e. The van der Waals surface area contributed by atoms with Crippen LogP contribution < -0.4 is 14.9 Å². The Kier molecular flexibility index (Phi) is 5.37. The minimum absolute atomic E-state index is 0.0413. The Balaban J connectivity index is 1.28. The first-order valence-electron chi connectivity index (χ1n) is 12.7. The largest absolute Gasteiger partial charge is 0.618 e. The molecule has 0 atom stereocenters. The molecule has 8 heteroatoms. The Hall–Kier alpha value is -3.65. The summed E-state index contributed by atoms with van der Waals surface area (Å²) in [5.41, 5.74) is 2.29. The number of nitrogens with one attached hydrogen (secondary N) is 1. The molecule has 2 aromatic heterocycles. The Morgan fingerprint density at radius 2 is 1.86 bits per heavy atom. The number of amides is 1. The molecule has 1 amide bonds. The first kappa shape index (κ1) is 22.8. The fourth-order valence-electron chi connectivity index (χ4n) is 5.67. The summed E-state index contributed by atoms with van der Waals surface area (Å²) in [5.74, 6) is 0.0246. The fourth-order valence-corrected chi connectivity index (χ4v) is 5.67. The highest BCUT2D eigenvalue weighted by Gasteiger charge is 2.45. The summed E-state index contributed by atoms with van der Waals surface area (Å²) in [7, 11) is 3.83. The zero-order valence-electron chi connectivity index (χ0n) is 20.6. The van der Waals surface area contributed by atoms with Gasteiger partial charge in [-0.15, -0.1) is 0 Å². The van der Waals surface area contributed by atoms with Crippen molar-refractivity contribution < 1.29 is 14.6 Å². The third-order valence-corrected chi connectivity index (χ3v) is 7.93. The van der Waals surface area contributed by atoms with E-state index in [0.29, 0.717) is 21.9 Å².